The Kier molecular flexibility index (Phi) is 6.12. The van der Waals surface area contributed by atoms with Gasteiger partial charge >= 0.3 is 0 Å². The van der Waals surface area contributed by atoms with Crippen LogP contribution in [0.4, 0.5) is 0 Å². The van der Waals surface area contributed by atoms with Gasteiger partial charge in [0.05, 0.1) is 12.7 Å². The summed E-state index contributed by atoms with van der Waals surface area (Å²) in [5.41, 5.74) is 3.95. The lowest BCUT2D eigenvalue weighted by atomic mass is 10.0. The maximum absolute atomic E-state index is 12.8. The van der Waals surface area contributed by atoms with Crippen molar-refractivity contribution in [2.75, 3.05) is 39.3 Å². The fourth-order valence-electron chi connectivity index (χ4n) is 3.68. The fourth-order valence-corrected chi connectivity index (χ4v) is 5.29. The average Bonchev–Trinajstić information content (AvgIpc) is 3.09. The van der Waals surface area contributed by atoms with Crippen LogP contribution in [0.1, 0.15) is 30.5 Å². The minimum absolute atomic E-state index is 0.000755. The van der Waals surface area contributed by atoms with E-state index in [1.807, 2.05) is 39.8 Å². The summed E-state index contributed by atoms with van der Waals surface area (Å²) in [6.07, 6.45) is 1.92. The molecule has 2 aromatic rings. The number of fused-ring (bicyclic) bond motifs is 1. The molecule has 2 heterocycles. The standard InChI is InChI=1S/C20H29N3O4S/c1-5-22(6-2)28(25,26)23-11-9-21(10-12-23)19(24)13-17-14-27-20-16(4)15(3)7-8-18(17)20/h7-8,14H,5-6,9-13H2,1-4H3. The van der Waals surface area contributed by atoms with Crippen molar-refractivity contribution in [3.63, 3.8) is 0 Å². The lowest BCUT2D eigenvalue weighted by Crippen LogP contribution is -2.54. The molecule has 1 amide bonds. The molecule has 0 aliphatic carbocycles. The molecule has 7 nitrogen and oxygen atoms in total. The summed E-state index contributed by atoms with van der Waals surface area (Å²) in [5.74, 6) is 0.000755. The van der Waals surface area contributed by atoms with Crippen LogP contribution in [0, 0.1) is 13.8 Å². The first-order valence-electron chi connectivity index (χ1n) is 9.78. The van der Waals surface area contributed by atoms with Crippen LogP contribution in [0.3, 0.4) is 0 Å². The highest BCUT2D eigenvalue weighted by atomic mass is 32.2. The highest BCUT2D eigenvalue weighted by Crippen LogP contribution is 2.27. The summed E-state index contributed by atoms with van der Waals surface area (Å²) < 4.78 is 33.9. The minimum atomic E-state index is -3.45. The maximum atomic E-state index is 12.8. The number of furan rings is 1. The van der Waals surface area contributed by atoms with Crippen molar-refractivity contribution in [1.82, 2.24) is 13.5 Å². The van der Waals surface area contributed by atoms with E-state index in [0.29, 0.717) is 39.3 Å². The van der Waals surface area contributed by atoms with Gasteiger partial charge in [-0.05, 0) is 25.0 Å². The summed E-state index contributed by atoms with van der Waals surface area (Å²) in [7, 11) is -3.45. The Labute approximate surface area is 167 Å². The number of carbonyl (C=O) groups is 1. The number of rotatable bonds is 6. The zero-order chi connectivity index (χ0) is 20.5. The van der Waals surface area contributed by atoms with E-state index in [0.717, 1.165) is 27.7 Å². The zero-order valence-corrected chi connectivity index (χ0v) is 17.9. The molecule has 0 bridgehead atoms. The van der Waals surface area contributed by atoms with Gasteiger partial charge in [-0.25, -0.2) is 0 Å². The van der Waals surface area contributed by atoms with Crippen molar-refractivity contribution in [2.24, 2.45) is 0 Å². The average molecular weight is 408 g/mol. The van der Waals surface area contributed by atoms with Crippen molar-refractivity contribution < 1.29 is 17.6 Å². The van der Waals surface area contributed by atoms with Gasteiger partial charge < -0.3 is 9.32 Å². The quantitative estimate of drug-likeness (QED) is 0.737. The second-order valence-corrected chi connectivity index (χ2v) is 9.12. The molecule has 0 unspecified atom stereocenters. The van der Waals surface area contributed by atoms with E-state index in [-0.39, 0.29) is 12.3 Å². The predicted octanol–water partition coefficient (Wildman–Crippen LogP) is 2.32. The van der Waals surface area contributed by atoms with Gasteiger partial charge in [-0.15, -0.1) is 0 Å². The van der Waals surface area contributed by atoms with E-state index in [9.17, 15) is 13.2 Å². The Morgan fingerprint density at radius 3 is 2.36 bits per heavy atom. The molecule has 8 heteroatoms. The third-order valence-corrected chi connectivity index (χ3v) is 7.82. The van der Waals surface area contributed by atoms with Crippen LogP contribution >= 0.6 is 0 Å². The van der Waals surface area contributed by atoms with Gasteiger partial charge in [-0.3, -0.25) is 4.79 Å². The van der Waals surface area contributed by atoms with Gasteiger partial charge in [-0.1, -0.05) is 26.0 Å². The molecule has 1 saturated heterocycles. The van der Waals surface area contributed by atoms with E-state index in [1.165, 1.54) is 8.61 Å². The minimum Gasteiger partial charge on any atom is -0.464 e. The van der Waals surface area contributed by atoms with Crippen molar-refractivity contribution >= 4 is 27.1 Å². The molecule has 154 valence electrons. The van der Waals surface area contributed by atoms with Crippen LogP contribution < -0.4 is 0 Å². The number of benzene rings is 1. The van der Waals surface area contributed by atoms with Crippen LogP contribution in [0.2, 0.25) is 0 Å². The Morgan fingerprint density at radius 2 is 1.75 bits per heavy atom. The van der Waals surface area contributed by atoms with Gasteiger partial charge in [0.2, 0.25) is 5.91 Å². The number of aryl methyl sites for hydroxylation is 2. The van der Waals surface area contributed by atoms with Crippen LogP contribution in [0.25, 0.3) is 11.0 Å². The molecule has 0 spiro atoms. The van der Waals surface area contributed by atoms with E-state index < -0.39 is 10.2 Å². The number of amides is 1. The third kappa shape index (κ3) is 3.81. The maximum Gasteiger partial charge on any atom is 0.282 e. The molecule has 1 aliphatic rings. The third-order valence-electron chi connectivity index (χ3n) is 5.63. The van der Waals surface area contributed by atoms with E-state index in [4.69, 9.17) is 4.42 Å². The van der Waals surface area contributed by atoms with Crippen LogP contribution in [-0.4, -0.2) is 67.1 Å². The number of nitrogens with zero attached hydrogens (tertiary/aromatic N) is 3. The number of hydrogen-bond donors (Lipinski definition) is 0. The van der Waals surface area contributed by atoms with E-state index >= 15 is 0 Å². The van der Waals surface area contributed by atoms with Crippen molar-refractivity contribution in [1.29, 1.82) is 0 Å². The van der Waals surface area contributed by atoms with Gasteiger partial charge in [0.15, 0.2) is 0 Å². The number of carbonyl (C=O) groups excluding carboxylic acids is 1. The van der Waals surface area contributed by atoms with E-state index in [2.05, 4.69) is 0 Å². The topological polar surface area (TPSA) is 74.1 Å². The lowest BCUT2D eigenvalue weighted by molar-refractivity contribution is -0.131. The van der Waals surface area contributed by atoms with Crippen molar-refractivity contribution in [2.45, 2.75) is 34.1 Å². The van der Waals surface area contributed by atoms with E-state index in [1.54, 1.807) is 11.2 Å². The molecular formula is C20H29N3O4S. The Hall–Kier alpha value is -1.90. The summed E-state index contributed by atoms with van der Waals surface area (Å²) >= 11 is 0. The molecule has 1 fully saturated rings. The molecule has 3 rings (SSSR count). The summed E-state index contributed by atoms with van der Waals surface area (Å²) in [5, 5.41) is 0.971. The second-order valence-electron chi connectivity index (χ2n) is 7.19. The summed E-state index contributed by atoms with van der Waals surface area (Å²) in [6, 6.07) is 4.04. The Morgan fingerprint density at radius 1 is 1.11 bits per heavy atom. The van der Waals surface area contributed by atoms with Crippen LogP contribution in [0.15, 0.2) is 22.8 Å². The van der Waals surface area contributed by atoms with Crippen molar-refractivity contribution in [3.8, 4) is 0 Å². The molecule has 1 aromatic carbocycles. The first-order chi connectivity index (χ1) is 13.3. The number of piperazine rings is 1. The van der Waals surface area contributed by atoms with Gasteiger partial charge in [0, 0.05) is 50.2 Å². The molecule has 1 aliphatic heterocycles. The molecule has 0 atom stereocenters. The molecule has 0 radical (unpaired) electrons. The van der Waals surface area contributed by atoms with Gasteiger partial charge in [0.25, 0.3) is 10.2 Å². The van der Waals surface area contributed by atoms with Crippen LogP contribution in [0.5, 0.6) is 0 Å². The van der Waals surface area contributed by atoms with Gasteiger partial charge in [-0.2, -0.15) is 17.0 Å². The van der Waals surface area contributed by atoms with Crippen LogP contribution in [-0.2, 0) is 21.4 Å². The molecule has 0 saturated carbocycles. The van der Waals surface area contributed by atoms with Gasteiger partial charge in [0.1, 0.15) is 5.58 Å². The SMILES string of the molecule is CCN(CC)S(=O)(=O)N1CCN(C(=O)Cc2coc3c(C)c(C)ccc23)CC1. The van der Waals surface area contributed by atoms with Crippen molar-refractivity contribution in [3.05, 3.63) is 35.1 Å². The Bertz CT molecular complexity index is 955. The number of hydrogen-bond acceptors (Lipinski definition) is 4. The fraction of sp³-hybridized carbons (Fsp3) is 0.550. The smallest absolute Gasteiger partial charge is 0.282 e. The summed E-state index contributed by atoms with van der Waals surface area (Å²) in [6.45, 7) is 10.1. The predicted molar refractivity (Wildman–Crippen MR) is 109 cm³/mol. The summed E-state index contributed by atoms with van der Waals surface area (Å²) in [4.78, 5) is 14.5. The Balaban J connectivity index is 1.66. The largest absolute Gasteiger partial charge is 0.464 e. The normalized spacial score (nSPS) is 16.2. The molecular weight excluding hydrogens is 378 g/mol. The highest BCUT2D eigenvalue weighted by molar-refractivity contribution is 7.86. The molecule has 0 N–H and O–H groups in total. The molecule has 28 heavy (non-hydrogen) atoms. The highest BCUT2D eigenvalue weighted by Gasteiger charge is 2.32. The second kappa shape index (κ2) is 8.23. The monoisotopic (exact) mass is 407 g/mol. The lowest BCUT2D eigenvalue weighted by Gasteiger charge is -2.36. The first-order valence-corrected chi connectivity index (χ1v) is 11.2. The molecule has 1 aromatic heterocycles. The zero-order valence-electron chi connectivity index (χ0n) is 17.1. The first kappa shape index (κ1) is 20.8.